The summed E-state index contributed by atoms with van der Waals surface area (Å²) in [5, 5.41) is 5.14. The lowest BCUT2D eigenvalue weighted by Crippen LogP contribution is -2.56. The second-order valence-corrected chi connectivity index (χ2v) is 4.95. The number of ether oxygens (including phenoxy) is 2. The molecule has 0 saturated carbocycles. The van der Waals surface area contributed by atoms with E-state index in [1.54, 1.807) is 0 Å². The van der Waals surface area contributed by atoms with Crippen LogP contribution in [0, 0.1) is 0 Å². The first-order valence-electron chi connectivity index (χ1n) is 7.28. The molecule has 0 spiro atoms. The summed E-state index contributed by atoms with van der Waals surface area (Å²) in [4.78, 5) is 38.0. The Bertz CT molecular complexity index is 381. The maximum atomic E-state index is 12.0. The zero-order valence-electron chi connectivity index (χ0n) is 13.4. The molecule has 1 saturated heterocycles. The number of urea groups is 1. The summed E-state index contributed by atoms with van der Waals surface area (Å²) in [7, 11) is 3.06. The quantitative estimate of drug-likeness (QED) is 0.758. The Morgan fingerprint density at radius 2 is 1.32 bits per heavy atom. The van der Waals surface area contributed by atoms with Crippen molar-refractivity contribution in [3.05, 3.63) is 0 Å². The molecule has 0 aromatic carbocycles. The number of carbonyl (C=O) groups excluding carboxylic acids is 3. The van der Waals surface area contributed by atoms with E-state index in [9.17, 15) is 14.4 Å². The fourth-order valence-electron chi connectivity index (χ4n) is 1.98. The van der Waals surface area contributed by atoms with Gasteiger partial charge in [-0.15, -0.1) is 0 Å². The van der Waals surface area contributed by atoms with Gasteiger partial charge in [-0.3, -0.25) is 10.6 Å². The highest BCUT2D eigenvalue weighted by molar-refractivity contribution is 5.80. The molecule has 0 aliphatic carbocycles. The van der Waals surface area contributed by atoms with Crippen LogP contribution in [0.1, 0.15) is 26.7 Å². The Labute approximate surface area is 129 Å². The molecule has 9 nitrogen and oxygen atoms in total. The standard InChI is InChI=1S/C13H24N4O5/c1-5-7-21-11(18)14-9-10(15-12(19)22-8-6-2)17(4)13(20)16(9)3/h9-10H,5-8H2,1-4H3,(H,14,18)(H,15,19)/t9-,10-/m1/s1. The average molecular weight is 316 g/mol. The molecule has 1 aliphatic rings. The second-order valence-electron chi connectivity index (χ2n) is 4.95. The number of nitrogens with zero attached hydrogens (tertiary/aromatic N) is 2. The number of alkyl carbamates (subject to hydrolysis) is 2. The Morgan fingerprint density at radius 3 is 1.64 bits per heavy atom. The maximum Gasteiger partial charge on any atom is 0.408 e. The van der Waals surface area contributed by atoms with Crippen molar-refractivity contribution in [1.29, 1.82) is 0 Å². The smallest absolute Gasteiger partial charge is 0.408 e. The van der Waals surface area contributed by atoms with Gasteiger partial charge in [0.05, 0.1) is 13.2 Å². The van der Waals surface area contributed by atoms with E-state index in [1.165, 1.54) is 23.9 Å². The number of amides is 4. The highest BCUT2D eigenvalue weighted by Crippen LogP contribution is 2.16. The van der Waals surface area contributed by atoms with Crippen LogP contribution in [0.25, 0.3) is 0 Å². The van der Waals surface area contributed by atoms with Crippen LogP contribution in [-0.2, 0) is 9.47 Å². The largest absolute Gasteiger partial charge is 0.450 e. The van der Waals surface area contributed by atoms with Gasteiger partial charge < -0.3 is 19.3 Å². The lowest BCUT2D eigenvalue weighted by molar-refractivity contribution is 0.114. The Balaban J connectivity index is 2.70. The molecule has 2 atom stereocenters. The van der Waals surface area contributed by atoms with Gasteiger partial charge in [-0.05, 0) is 12.8 Å². The fourth-order valence-corrected chi connectivity index (χ4v) is 1.98. The third kappa shape index (κ3) is 4.40. The number of hydrogen-bond donors (Lipinski definition) is 2. The SMILES string of the molecule is CCCOC(=O)N[C@H]1[C@H](NC(=O)OCCC)N(C)C(=O)N1C. The van der Waals surface area contributed by atoms with Gasteiger partial charge >= 0.3 is 18.2 Å². The molecule has 1 fully saturated rings. The molecule has 1 rings (SSSR count). The van der Waals surface area contributed by atoms with Crippen LogP contribution < -0.4 is 10.6 Å². The molecule has 0 bridgehead atoms. The lowest BCUT2D eigenvalue weighted by Gasteiger charge is -2.26. The second kappa shape index (κ2) is 8.30. The normalized spacial score (nSPS) is 20.8. The predicted molar refractivity (Wildman–Crippen MR) is 78.0 cm³/mol. The maximum absolute atomic E-state index is 12.0. The van der Waals surface area contributed by atoms with E-state index in [4.69, 9.17) is 9.47 Å². The van der Waals surface area contributed by atoms with Crippen molar-refractivity contribution in [1.82, 2.24) is 20.4 Å². The average Bonchev–Trinajstić information content (AvgIpc) is 2.69. The number of likely N-dealkylation sites (N-methyl/N-ethyl adjacent to an activating group) is 2. The van der Waals surface area contributed by atoms with Gasteiger partial charge in [-0.25, -0.2) is 14.4 Å². The van der Waals surface area contributed by atoms with Crippen molar-refractivity contribution >= 4 is 18.2 Å². The van der Waals surface area contributed by atoms with Gasteiger partial charge in [-0.2, -0.15) is 0 Å². The molecule has 1 heterocycles. The summed E-state index contributed by atoms with van der Waals surface area (Å²) >= 11 is 0. The summed E-state index contributed by atoms with van der Waals surface area (Å²) in [6, 6.07) is -0.332. The highest BCUT2D eigenvalue weighted by atomic mass is 16.6. The minimum Gasteiger partial charge on any atom is -0.450 e. The van der Waals surface area contributed by atoms with Crippen molar-refractivity contribution in [2.75, 3.05) is 27.3 Å². The molecule has 126 valence electrons. The summed E-state index contributed by atoms with van der Waals surface area (Å²) in [6.07, 6.45) is -1.38. The van der Waals surface area contributed by atoms with E-state index in [0.717, 1.165) is 0 Å². The van der Waals surface area contributed by atoms with E-state index in [2.05, 4.69) is 10.6 Å². The number of hydrogen-bond acceptors (Lipinski definition) is 5. The van der Waals surface area contributed by atoms with Crippen molar-refractivity contribution < 1.29 is 23.9 Å². The van der Waals surface area contributed by atoms with Crippen LogP contribution in [0.3, 0.4) is 0 Å². The van der Waals surface area contributed by atoms with Crippen molar-refractivity contribution in [3.8, 4) is 0 Å². The zero-order valence-corrected chi connectivity index (χ0v) is 13.4. The van der Waals surface area contributed by atoms with Crippen LogP contribution in [-0.4, -0.2) is 67.7 Å². The molecule has 0 unspecified atom stereocenters. The van der Waals surface area contributed by atoms with Gasteiger partial charge in [0.1, 0.15) is 12.3 Å². The van der Waals surface area contributed by atoms with Crippen molar-refractivity contribution in [2.45, 2.75) is 39.0 Å². The predicted octanol–water partition coefficient (Wildman–Crippen LogP) is 0.908. The van der Waals surface area contributed by atoms with E-state index in [-0.39, 0.29) is 19.2 Å². The van der Waals surface area contributed by atoms with E-state index < -0.39 is 24.5 Å². The van der Waals surface area contributed by atoms with Gasteiger partial charge in [0.2, 0.25) is 0 Å². The monoisotopic (exact) mass is 316 g/mol. The third-order valence-electron chi connectivity index (χ3n) is 3.14. The zero-order chi connectivity index (χ0) is 16.7. The van der Waals surface area contributed by atoms with Crippen molar-refractivity contribution in [2.24, 2.45) is 0 Å². The fraction of sp³-hybridized carbons (Fsp3) is 0.769. The molecule has 2 N–H and O–H groups in total. The first-order chi connectivity index (χ1) is 10.4. The van der Waals surface area contributed by atoms with Gasteiger partial charge in [0.25, 0.3) is 0 Å². The Morgan fingerprint density at radius 1 is 0.955 bits per heavy atom. The van der Waals surface area contributed by atoms with E-state index in [0.29, 0.717) is 12.8 Å². The lowest BCUT2D eigenvalue weighted by atomic mass is 10.3. The highest BCUT2D eigenvalue weighted by Gasteiger charge is 2.44. The van der Waals surface area contributed by atoms with E-state index >= 15 is 0 Å². The Kier molecular flexibility index (Phi) is 6.74. The number of carbonyl (C=O) groups is 3. The molecular formula is C13H24N4O5. The Hall–Kier alpha value is -2.19. The molecule has 0 aromatic heterocycles. The number of rotatable bonds is 6. The van der Waals surface area contributed by atoms with Crippen LogP contribution in [0.2, 0.25) is 0 Å². The van der Waals surface area contributed by atoms with Crippen LogP contribution in [0.4, 0.5) is 14.4 Å². The molecule has 0 aromatic rings. The van der Waals surface area contributed by atoms with Gasteiger partial charge in [0.15, 0.2) is 0 Å². The molecule has 4 amide bonds. The van der Waals surface area contributed by atoms with Crippen LogP contribution >= 0.6 is 0 Å². The van der Waals surface area contributed by atoms with Gasteiger partial charge in [-0.1, -0.05) is 13.8 Å². The molecule has 1 aliphatic heterocycles. The summed E-state index contributed by atoms with van der Waals surface area (Å²) in [6.45, 7) is 4.31. The number of nitrogens with one attached hydrogen (secondary N) is 2. The minimum atomic E-state index is -0.740. The first-order valence-corrected chi connectivity index (χ1v) is 7.28. The van der Waals surface area contributed by atoms with Gasteiger partial charge in [0, 0.05) is 14.1 Å². The molecule has 22 heavy (non-hydrogen) atoms. The summed E-state index contributed by atoms with van der Waals surface area (Å²) in [5.74, 6) is 0. The van der Waals surface area contributed by atoms with Crippen molar-refractivity contribution in [3.63, 3.8) is 0 Å². The minimum absolute atomic E-state index is 0.280. The summed E-state index contributed by atoms with van der Waals surface area (Å²) < 4.78 is 9.88. The van der Waals surface area contributed by atoms with Crippen LogP contribution in [0.15, 0.2) is 0 Å². The third-order valence-corrected chi connectivity index (χ3v) is 3.14. The topological polar surface area (TPSA) is 100 Å². The van der Waals surface area contributed by atoms with Crippen LogP contribution in [0.5, 0.6) is 0 Å². The molecule has 9 heteroatoms. The van der Waals surface area contributed by atoms with E-state index in [1.807, 2.05) is 13.8 Å². The summed E-state index contributed by atoms with van der Waals surface area (Å²) in [5.41, 5.74) is 0. The molecular weight excluding hydrogens is 292 g/mol. The molecule has 0 radical (unpaired) electrons. The first kappa shape index (κ1) is 17.9.